The minimum atomic E-state index is -0.894. The lowest BCUT2D eigenvalue weighted by Crippen LogP contribution is -2.36. The molecule has 2 heterocycles. The molecule has 2 aromatic heterocycles. The second-order valence-electron chi connectivity index (χ2n) is 8.07. The van der Waals surface area contributed by atoms with E-state index in [9.17, 15) is 5.11 Å². The van der Waals surface area contributed by atoms with E-state index < -0.39 is 11.7 Å². The molecular weight excluding hydrogens is 426 g/mol. The van der Waals surface area contributed by atoms with E-state index in [0.29, 0.717) is 17.0 Å². The maximum atomic E-state index is 11.0. The fraction of sp³-hybridized carbons (Fsp3) is 0.148. The van der Waals surface area contributed by atoms with Gasteiger partial charge >= 0.3 is 0 Å². The van der Waals surface area contributed by atoms with Crippen molar-refractivity contribution in [2.45, 2.75) is 18.2 Å². The van der Waals surface area contributed by atoms with Crippen LogP contribution in [0.15, 0.2) is 104 Å². The molecule has 7 nitrogen and oxygen atoms in total. The molecule has 0 bridgehead atoms. The smallest absolute Gasteiger partial charge is 0.165 e. The third kappa shape index (κ3) is 4.03. The van der Waals surface area contributed by atoms with E-state index in [1.54, 1.807) is 10.9 Å². The molecule has 0 aliphatic rings. The van der Waals surface area contributed by atoms with Crippen LogP contribution in [0.2, 0.25) is 0 Å². The number of anilines is 1. The zero-order valence-corrected chi connectivity index (χ0v) is 18.5. The molecule has 3 N–H and O–H groups in total. The maximum absolute atomic E-state index is 11.0. The van der Waals surface area contributed by atoms with Gasteiger partial charge in [0, 0.05) is 0 Å². The topological polar surface area (TPSA) is 99.1 Å². The van der Waals surface area contributed by atoms with E-state index in [-0.39, 0.29) is 13.2 Å². The fourth-order valence-electron chi connectivity index (χ4n) is 4.30. The zero-order valence-electron chi connectivity index (χ0n) is 18.5. The van der Waals surface area contributed by atoms with Crippen molar-refractivity contribution in [3.8, 4) is 0 Å². The monoisotopic (exact) mass is 451 g/mol. The summed E-state index contributed by atoms with van der Waals surface area (Å²) in [5.74, 6) is 0.311. The fourth-order valence-corrected chi connectivity index (χ4v) is 4.30. The number of imidazole rings is 1. The predicted octanol–water partition coefficient (Wildman–Crippen LogP) is 3.78. The number of rotatable bonds is 8. The summed E-state index contributed by atoms with van der Waals surface area (Å²) in [5, 5.41) is 11.0. The number of ether oxygens (including phenoxy) is 1. The maximum Gasteiger partial charge on any atom is 0.165 e. The van der Waals surface area contributed by atoms with Gasteiger partial charge < -0.3 is 20.1 Å². The first-order valence-corrected chi connectivity index (χ1v) is 11.1. The first-order valence-electron chi connectivity index (χ1n) is 11.1. The van der Waals surface area contributed by atoms with Gasteiger partial charge in [-0.25, -0.2) is 15.0 Å². The van der Waals surface area contributed by atoms with E-state index in [4.69, 9.17) is 10.5 Å². The highest BCUT2D eigenvalue weighted by Crippen LogP contribution is 2.40. The van der Waals surface area contributed by atoms with Crippen LogP contribution in [0.3, 0.4) is 0 Å². The number of aromatic nitrogens is 4. The quantitative estimate of drug-likeness (QED) is 0.349. The molecule has 5 aromatic rings. The van der Waals surface area contributed by atoms with Crippen molar-refractivity contribution in [1.29, 1.82) is 0 Å². The van der Waals surface area contributed by atoms with Crippen LogP contribution in [-0.4, -0.2) is 37.3 Å². The first kappa shape index (κ1) is 21.8. The van der Waals surface area contributed by atoms with E-state index >= 15 is 0 Å². The molecule has 0 aliphatic heterocycles. The third-order valence-electron chi connectivity index (χ3n) is 5.87. The molecule has 0 radical (unpaired) electrons. The van der Waals surface area contributed by atoms with Crippen molar-refractivity contribution in [3.05, 3.63) is 120 Å². The molecule has 7 heteroatoms. The lowest BCUT2D eigenvalue weighted by Gasteiger charge is -2.36. The number of nitrogen functional groups attached to an aromatic ring is 1. The van der Waals surface area contributed by atoms with Crippen molar-refractivity contribution in [1.82, 2.24) is 19.5 Å². The Hall–Kier alpha value is -4.07. The molecule has 0 aliphatic carbocycles. The number of hydrogen-bond donors (Lipinski definition) is 2. The van der Waals surface area contributed by atoms with Crippen LogP contribution >= 0.6 is 0 Å². The number of fused-ring (bicyclic) bond motifs is 1. The van der Waals surface area contributed by atoms with Gasteiger partial charge in [-0.05, 0) is 16.7 Å². The molecule has 170 valence electrons. The molecule has 0 saturated carbocycles. The van der Waals surface area contributed by atoms with Gasteiger partial charge in [0.05, 0.1) is 25.6 Å². The Balaban J connectivity index is 1.50. The number of nitrogens with zero attached hydrogens (tertiary/aromatic N) is 4. The van der Waals surface area contributed by atoms with Crippen LogP contribution in [0.1, 0.15) is 16.7 Å². The Morgan fingerprint density at radius 3 is 1.85 bits per heavy atom. The summed E-state index contributed by atoms with van der Waals surface area (Å²) in [7, 11) is 0. The number of nitrogens with two attached hydrogens (primary N) is 1. The Morgan fingerprint density at radius 1 is 0.794 bits per heavy atom. The highest BCUT2D eigenvalue weighted by atomic mass is 16.5. The van der Waals surface area contributed by atoms with Crippen molar-refractivity contribution in [2.75, 3.05) is 12.3 Å². The highest BCUT2D eigenvalue weighted by molar-refractivity contribution is 5.81. The Bertz CT molecular complexity index is 1260. The molecule has 3 aromatic carbocycles. The highest BCUT2D eigenvalue weighted by Gasteiger charge is 2.38. The molecule has 0 fully saturated rings. The van der Waals surface area contributed by atoms with Crippen LogP contribution in [0, 0.1) is 0 Å². The first-order chi connectivity index (χ1) is 16.7. The second kappa shape index (κ2) is 9.43. The van der Waals surface area contributed by atoms with Crippen LogP contribution in [0.5, 0.6) is 0 Å². The zero-order chi connectivity index (χ0) is 23.4. The molecule has 34 heavy (non-hydrogen) atoms. The largest absolute Gasteiger partial charge is 0.389 e. The molecular formula is C27H25N5O2. The molecule has 0 spiro atoms. The summed E-state index contributed by atoms with van der Waals surface area (Å²) >= 11 is 0. The molecule has 5 rings (SSSR count). The second-order valence-corrected chi connectivity index (χ2v) is 8.07. The van der Waals surface area contributed by atoms with Gasteiger partial charge in [-0.15, -0.1) is 0 Å². The van der Waals surface area contributed by atoms with Gasteiger partial charge in [0.1, 0.15) is 17.4 Å². The van der Waals surface area contributed by atoms with Gasteiger partial charge in [-0.3, -0.25) is 0 Å². The van der Waals surface area contributed by atoms with Gasteiger partial charge in [0.15, 0.2) is 11.5 Å². The average Bonchev–Trinajstić information content (AvgIpc) is 3.30. The standard InChI is InChI=1S/C27H25N5O2/c28-25-24-26(30-18-29-25)32(19-31-24)16-23(33)17-34-27(20-10-4-1-5-11-20,21-12-6-2-7-13-21)22-14-8-3-9-15-22/h1-15,18-19,23,33H,16-17H2,(H2,28,29,30)/t23-/m0/s1. The SMILES string of the molecule is Nc1ncnc2c1ncn2C[C@H](O)COC(c1ccccc1)(c1ccccc1)c1ccccc1. The van der Waals surface area contributed by atoms with Gasteiger partial charge in [0.25, 0.3) is 0 Å². The lowest BCUT2D eigenvalue weighted by atomic mass is 9.80. The van der Waals surface area contributed by atoms with Crippen LogP contribution in [-0.2, 0) is 16.9 Å². The summed E-state index contributed by atoms with van der Waals surface area (Å²) in [6, 6.07) is 30.2. The van der Waals surface area contributed by atoms with Crippen LogP contribution < -0.4 is 5.73 Å². The van der Waals surface area contributed by atoms with Crippen LogP contribution in [0.4, 0.5) is 5.82 Å². The minimum Gasteiger partial charge on any atom is -0.389 e. The van der Waals surface area contributed by atoms with E-state index in [1.807, 2.05) is 54.6 Å². The normalized spacial score (nSPS) is 12.6. The minimum absolute atomic E-state index is 0.0823. The molecule has 0 saturated heterocycles. The Morgan fingerprint density at radius 2 is 1.32 bits per heavy atom. The predicted molar refractivity (Wildman–Crippen MR) is 131 cm³/mol. The Kier molecular flexibility index (Phi) is 6.03. The number of hydrogen-bond acceptors (Lipinski definition) is 6. The number of aliphatic hydroxyl groups excluding tert-OH is 1. The summed E-state index contributed by atoms with van der Waals surface area (Å²) in [5.41, 5.74) is 9.03. The van der Waals surface area contributed by atoms with Crippen molar-refractivity contribution in [3.63, 3.8) is 0 Å². The van der Waals surface area contributed by atoms with Crippen molar-refractivity contribution >= 4 is 17.0 Å². The average molecular weight is 452 g/mol. The summed E-state index contributed by atoms with van der Waals surface area (Å²) in [6.07, 6.45) is 2.19. The number of benzene rings is 3. The van der Waals surface area contributed by atoms with E-state index in [0.717, 1.165) is 16.7 Å². The van der Waals surface area contributed by atoms with Gasteiger partial charge in [-0.1, -0.05) is 91.0 Å². The Labute approximate surface area is 197 Å². The number of aliphatic hydroxyl groups is 1. The van der Waals surface area contributed by atoms with Crippen molar-refractivity contribution in [2.24, 2.45) is 0 Å². The molecule has 0 amide bonds. The lowest BCUT2D eigenvalue weighted by molar-refractivity contribution is -0.0420. The van der Waals surface area contributed by atoms with E-state index in [1.165, 1.54) is 6.33 Å². The van der Waals surface area contributed by atoms with Gasteiger partial charge in [0.2, 0.25) is 0 Å². The van der Waals surface area contributed by atoms with E-state index in [2.05, 4.69) is 51.4 Å². The van der Waals surface area contributed by atoms with Crippen molar-refractivity contribution < 1.29 is 9.84 Å². The van der Waals surface area contributed by atoms with Gasteiger partial charge in [-0.2, -0.15) is 0 Å². The summed E-state index contributed by atoms with van der Waals surface area (Å²) in [6.45, 7) is 0.334. The summed E-state index contributed by atoms with van der Waals surface area (Å²) in [4.78, 5) is 12.5. The third-order valence-corrected chi connectivity index (χ3v) is 5.87. The van der Waals surface area contributed by atoms with Crippen LogP contribution in [0.25, 0.3) is 11.2 Å². The molecule has 1 atom stereocenters. The summed E-state index contributed by atoms with van der Waals surface area (Å²) < 4.78 is 8.45. The molecule has 0 unspecified atom stereocenters.